The van der Waals surface area contributed by atoms with Crippen molar-refractivity contribution in [1.82, 2.24) is 0 Å². The maximum atomic E-state index is 6.48. The quantitative estimate of drug-likeness (QED) is 0.620. The molecule has 3 aliphatic heterocycles. The van der Waals surface area contributed by atoms with Gasteiger partial charge >= 0.3 is 0 Å². The number of hydrogen-bond donors (Lipinski definition) is 0. The first-order valence-electron chi connectivity index (χ1n) is 11.9. The molecule has 0 N–H and O–H groups in total. The Balaban J connectivity index is 1.35. The molecule has 0 aliphatic carbocycles. The lowest BCUT2D eigenvalue weighted by molar-refractivity contribution is -0.344. The molecular formula is C26H40O5. The van der Waals surface area contributed by atoms with Crippen LogP contribution in [0.5, 0.6) is 0 Å². The predicted octanol–water partition coefficient (Wildman–Crippen LogP) is 5.17. The zero-order chi connectivity index (χ0) is 22.2. The molecule has 7 atom stereocenters. The summed E-state index contributed by atoms with van der Waals surface area (Å²) in [6, 6.07) is 10.4. The maximum Gasteiger partial charge on any atom is 0.165 e. The molecule has 0 saturated carbocycles. The topological polar surface area (TPSA) is 46.2 Å². The van der Waals surface area contributed by atoms with E-state index in [9.17, 15) is 0 Å². The predicted molar refractivity (Wildman–Crippen MR) is 119 cm³/mol. The summed E-state index contributed by atoms with van der Waals surface area (Å²) in [5, 5.41) is 0. The molecule has 1 aromatic rings. The number of rotatable bonds is 6. The van der Waals surface area contributed by atoms with E-state index in [0.29, 0.717) is 18.4 Å². The van der Waals surface area contributed by atoms with Crippen LogP contribution in [0.1, 0.15) is 59.9 Å². The Hall–Kier alpha value is -0.980. The van der Waals surface area contributed by atoms with Crippen molar-refractivity contribution in [2.24, 2.45) is 23.2 Å². The van der Waals surface area contributed by atoms with Crippen LogP contribution in [0.15, 0.2) is 30.3 Å². The van der Waals surface area contributed by atoms with Crippen molar-refractivity contribution >= 4 is 0 Å². The van der Waals surface area contributed by atoms with Gasteiger partial charge in [0.2, 0.25) is 0 Å². The summed E-state index contributed by atoms with van der Waals surface area (Å²) in [5.41, 5.74) is 1.29. The van der Waals surface area contributed by atoms with E-state index in [0.717, 1.165) is 26.1 Å². The molecule has 4 rings (SSSR count). The summed E-state index contributed by atoms with van der Waals surface area (Å²) in [6.07, 6.45) is 1.92. The van der Waals surface area contributed by atoms with E-state index in [1.807, 2.05) is 6.07 Å². The standard InChI is InChI=1S/C26H40O5/c1-17-21(12-13-26(6)28-15-25(4,5)16-29-26)30-24-19(3)22(18(2)23(17)31-24)27-14-20-10-8-7-9-11-20/h7-11,17-19,21-24H,12-16H2,1-6H3/t17-,18-,19+,21+,22+,23-,24-/m0/s1. The number of ether oxygens (including phenoxy) is 5. The molecule has 0 amide bonds. The molecule has 0 radical (unpaired) electrons. The van der Waals surface area contributed by atoms with Gasteiger partial charge in [-0.15, -0.1) is 0 Å². The van der Waals surface area contributed by atoms with Crippen molar-refractivity contribution in [3.63, 3.8) is 0 Å². The van der Waals surface area contributed by atoms with E-state index in [1.165, 1.54) is 5.56 Å². The highest BCUT2D eigenvalue weighted by Crippen LogP contribution is 2.44. The molecule has 3 saturated heterocycles. The SMILES string of the molecule is C[C@@H]1[C@H]2O[C@H](O[C@H](CCC3(C)OCC(C)(C)CO3)[C@@H]2C)[C@H](C)[C@@H]1OCc1ccccc1. The summed E-state index contributed by atoms with van der Waals surface area (Å²) >= 11 is 0. The second-order valence-corrected chi connectivity index (χ2v) is 10.9. The van der Waals surface area contributed by atoms with Crippen LogP contribution in [0.3, 0.4) is 0 Å². The number of benzene rings is 1. The van der Waals surface area contributed by atoms with Crippen molar-refractivity contribution in [2.45, 2.75) is 91.4 Å². The van der Waals surface area contributed by atoms with Gasteiger partial charge in [0.25, 0.3) is 0 Å². The largest absolute Gasteiger partial charge is 0.373 e. The molecule has 5 nitrogen and oxygen atoms in total. The summed E-state index contributed by atoms with van der Waals surface area (Å²) in [4.78, 5) is 0. The van der Waals surface area contributed by atoms with Gasteiger partial charge in [0.1, 0.15) is 0 Å². The first-order valence-corrected chi connectivity index (χ1v) is 11.9. The van der Waals surface area contributed by atoms with Crippen LogP contribution in [-0.2, 0) is 30.3 Å². The van der Waals surface area contributed by atoms with Crippen LogP contribution >= 0.6 is 0 Å². The fourth-order valence-electron chi connectivity index (χ4n) is 5.22. The molecule has 0 spiro atoms. The van der Waals surface area contributed by atoms with E-state index < -0.39 is 5.79 Å². The van der Waals surface area contributed by atoms with E-state index >= 15 is 0 Å². The second-order valence-electron chi connectivity index (χ2n) is 10.9. The summed E-state index contributed by atoms with van der Waals surface area (Å²) in [6.45, 7) is 15.2. The number of hydrogen-bond acceptors (Lipinski definition) is 5. The Morgan fingerprint density at radius 2 is 1.58 bits per heavy atom. The first-order chi connectivity index (χ1) is 14.7. The van der Waals surface area contributed by atoms with E-state index in [1.54, 1.807) is 0 Å². The third kappa shape index (κ3) is 5.17. The number of fused-ring (bicyclic) bond motifs is 2. The molecule has 0 unspecified atom stereocenters. The van der Waals surface area contributed by atoms with Gasteiger partial charge in [0.15, 0.2) is 12.1 Å². The molecule has 2 bridgehead atoms. The molecule has 3 aliphatic rings. The molecule has 31 heavy (non-hydrogen) atoms. The normalized spacial score (nSPS) is 39.2. The van der Waals surface area contributed by atoms with Crippen LogP contribution < -0.4 is 0 Å². The average Bonchev–Trinajstić information content (AvgIpc) is 2.75. The van der Waals surface area contributed by atoms with Crippen LogP contribution in [0.2, 0.25) is 0 Å². The lowest BCUT2D eigenvalue weighted by Crippen LogP contribution is -2.60. The summed E-state index contributed by atoms with van der Waals surface area (Å²) in [7, 11) is 0. The van der Waals surface area contributed by atoms with E-state index in [-0.39, 0.29) is 35.9 Å². The minimum Gasteiger partial charge on any atom is -0.373 e. The minimum absolute atomic E-state index is 0.0820. The van der Waals surface area contributed by atoms with Crippen molar-refractivity contribution in [2.75, 3.05) is 13.2 Å². The van der Waals surface area contributed by atoms with Gasteiger partial charge in [-0.2, -0.15) is 0 Å². The fraction of sp³-hybridized carbons (Fsp3) is 0.769. The Kier molecular flexibility index (Phi) is 6.81. The molecule has 0 aromatic heterocycles. The lowest BCUT2D eigenvalue weighted by atomic mass is 9.76. The van der Waals surface area contributed by atoms with E-state index in [2.05, 4.69) is 65.8 Å². The highest BCUT2D eigenvalue weighted by atomic mass is 16.7. The zero-order valence-electron chi connectivity index (χ0n) is 20.0. The Morgan fingerprint density at radius 3 is 2.26 bits per heavy atom. The molecular weight excluding hydrogens is 392 g/mol. The minimum atomic E-state index is -0.523. The van der Waals surface area contributed by atoms with Crippen LogP contribution in [0.25, 0.3) is 0 Å². The molecule has 1 aromatic carbocycles. The van der Waals surface area contributed by atoms with E-state index in [4.69, 9.17) is 23.7 Å². The van der Waals surface area contributed by atoms with Crippen LogP contribution in [0, 0.1) is 23.2 Å². The van der Waals surface area contributed by atoms with Crippen molar-refractivity contribution < 1.29 is 23.7 Å². The first kappa shape index (κ1) is 23.2. The van der Waals surface area contributed by atoms with Gasteiger partial charge in [-0.05, 0) is 18.9 Å². The molecule has 3 fully saturated rings. The van der Waals surface area contributed by atoms with Crippen LogP contribution in [0.4, 0.5) is 0 Å². The van der Waals surface area contributed by atoms with Gasteiger partial charge < -0.3 is 23.7 Å². The Morgan fingerprint density at radius 1 is 0.903 bits per heavy atom. The molecule has 5 heteroatoms. The van der Waals surface area contributed by atoms with Gasteiger partial charge in [-0.1, -0.05) is 65.0 Å². The Bertz CT molecular complexity index is 710. The zero-order valence-corrected chi connectivity index (χ0v) is 20.0. The Labute approximate surface area is 187 Å². The van der Waals surface area contributed by atoms with Crippen molar-refractivity contribution in [1.29, 1.82) is 0 Å². The van der Waals surface area contributed by atoms with Gasteiger partial charge in [0, 0.05) is 29.6 Å². The third-order valence-electron chi connectivity index (χ3n) is 7.39. The fourth-order valence-corrected chi connectivity index (χ4v) is 5.22. The second kappa shape index (κ2) is 9.11. The van der Waals surface area contributed by atoms with Gasteiger partial charge in [-0.25, -0.2) is 0 Å². The molecule has 174 valence electrons. The highest BCUT2D eigenvalue weighted by Gasteiger charge is 2.51. The smallest absolute Gasteiger partial charge is 0.165 e. The van der Waals surface area contributed by atoms with Crippen molar-refractivity contribution in [3.8, 4) is 0 Å². The van der Waals surface area contributed by atoms with Gasteiger partial charge in [0.05, 0.1) is 38.1 Å². The summed E-state index contributed by atoms with van der Waals surface area (Å²) in [5.74, 6) is 0.272. The highest BCUT2D eigenvalue weighted by molar-refractivity contribution is 5.13. The monoisotopic (exact) mass is 432 g/mol. The average molecular weight is 433 g/mol. The van der Waals surface area contributed by atoms with Crippen molar-refractivity contribution in [3.05, 3.63) is 35.9 Å². The van der Waals surface area contributed by atoms with Crippen LogP contribution in [-0.4, -0.2) is 43.6 Å². The summed E-state index contributed by atoms with van der Waals surface area (Å²) < 4.78 is 31.4. The maximum absolute atomic E-state index is 6.48. The molecule has 3 heterocycles. The van der Waals surface area contributed by atoms with Gasteiger partial charge in [-0.3, -0.25) is 0 Å². The lowest BCUT2D eigenvalue weighted by Gasteiger charge is -2.53. The third-order valence-corrected chi connectivity index (χ3v) is 7.39.